The standard InChI is InChI=1S/C31H31FN6O2S/c1-19-24-5-3-2-4-20(24)10-13-37(19)31(39)28-15-29(21-6-7-21)38-30(34-28)16-27(35-38)25-9-8-22(14-26(25)32)36-12-11-23(17-36)41(40)18-33/h2-5,8-9,14-16,18-19,21,23,33H,6-7,10-13,17H2,1H3/t19-,23-,41?/m1/s1. The first-order valence-electron chi connectivity index (χ1n) is 14.2. The van der Waals surface area contributed by atoms with Crippen LogP contribution in [0, 0.1) is 11.2 Å². The van der Waals surface area contributed by atoms with E-state index in [4.69, 9.17) is 15.5 Å². The van der Waals surface area contributed by atoms with E-state index in [2.05, 4.69) is 19.1 Å². The molecule has 7 rings (SSSR count). The summed E-state index contributed by atoms with van der Waals surface area (Å²) in [5, 5.41) is 11.9. The molecule has 4 aromatic rings. The summed E-state index contributed by atoms with van der Waals surface area (Å²) in [6.45, 7) is 3.90. The van der Waals surface area contributed by atoms with Crippen LogP contribution in [-0.2, 0) is 17.2 Å². The minimum absolute atomic E-state index is 0.0427. The van der Waals surface area contributed by atoms with E-state index < -0.39 is 16.6 Å². The van der Waals surface area contributed by atoms with Gasteiger partial charge in [0.1, 0.15) is 11.5 Å². The van der Waals surface area contributed by atoms with Gasteiger partial charge in [0, 0.05) is 48.6 Å². The van der Waals surface area contributed by atoms with Crippen LogP contribution in [0.2, 0.25) is 0 Å². The maximum absolute atomic E-state index is 15.5. The molecule has 10 heteroatoms. The van der Waals surface area contributed by atoms with Crippen molar-refractivity contribution in [3.63, 3.8) is 0 Å². The number of carbonyl (C=O) groups excluding carboxylic acids is 1. The molecule has 4 heterocycles. The fraction of sp³-hybridized carbons (Fsp3) is 0.355. The molecule has 0 radical (unpaired) electrons. The third-order valence-electron chi connectivity index (χ3n) is 8.71. The van der Waals surface area contributed by atoms with Gasteiger partial charge in [-0.3, -0.25) is 14.4 Å². The Morgan fingerprint density at radius 2 is 1.93 bits per heavy atom. The van der Waals surface area contributed by atoms with E-state index in [0.29, 0.717) is 54.6 Å². The van der Waals surface area contributed by atoms with Crippen molar-refractivity contribution in [1.82, 2.24) is 19.5 Å². The Bertz CT molecular complexity index is 1720. The van der Waals surface area contributed by atoms with Gasteiger partial charge >= 0.3 is 0 Å². The molecule has 8 nitrogen and oxygen atoms in total. The summed E-state index contributed by atoms with van der Waals surface area (Å²) >= 11 is 0. The van der Waals surface area contributed by atoms with Crippen molar-refractivity contribution in [2.24, 2.45) is 0 Å². The van der Waals surface area contributed by atoms with Crippen LogP contribution < -0.4 is 4.90 Å². The minimum atomic E-state index is -1.31. The van der Waals surface area contributed by atoms with E-state index in [-0.39, 0.29) is 17.2 Å². The zero-order valence-corrected chi connectivity index (χ0v) is 23.6. The van der Waals surface area contributed by atoms with E-state index in [1.54, 1.807) is 16.6 Å². The largest absolute Gasteiger partial charge is 0.370 e. The Morgan fingerprint density at radius 1 is 1.10 bits per heavy atom. The van der Waals surface area contributed by atoms with Gasteiger partial charge < -0.3 is 9.80 Å². The monoisotopic (exact) mass is 570 g/mol. The molecule has 3 atom stereocenters. The molecule has 1 saturated carbocycles. The molecule has 1 amide bonds. The number of rotatable bonds is 6. The van der Waals surface area contributed by atoms with E-state index in [1.165, 1.54) is 17.2 Å². The van der Waals surface area contributed by atoms with E-state index in [9.17, 15) is 9.00 Å². The summed E-state index contributed by atoms with van der Waals surface area (Å²) in [6, 6.07) is 16.9. The van der Waals surface area contributed by atoms with Gasteiger partial charge in [0.25, 0.3) is 5.91 Å². The molecule has 1 aliphatic carbocycles. The summed E-state index contributed by atoms with van der Waals surface area (Å²) in [5.74, 6) is -0.184. The molecule has 1 saturated heterocycles. The molecule has 2 aliphatic heterocycles. The van der Waals surface area contributed by atoms with Gasteiger partial charge in [-0.25, -0.2) is 13.9 Å². The maximum Gasteiger partial charge on any atom is 0.273 e. The van der Waals surface area contributed by atoms with Gasteiger partial charge in [0.05, 0.1) is 33.3 Å². The highest BCUT2D eigenvalue weighted by atomic mass is 32.2. The van der Waals surface area contributed by atoms with Gasteiger partial charge in [0.2, 0.25) is 0 Å². The number of fused-ring (bicyclic) bond motifs is 2. The van der Waals surface area contributed by atoms with Crippen LogP contribution in [0.3, 0.4) is 0 Å². The fourth-order valence-corrected chi connectivity index (χ4v) is 7.12. The van der Waals surface area contributed by atoms with Crippen LogP contribution in [0.1, 0.15) is 65.5 Å². The zero-order chi connectivity index (χ0) is 28.2. The molecule has 3 aliphatic rings. The van der Waals surface area contributed by atoms with Crippen LogP contribution in [-0.4, -0.2) is 60.0 Å². The van der Waals surface area contributed by atoms with Crippen LogP contribution in [0.5, 0.6) is 0 Å². The summed E-state index contributed by atoms with van der Waals surface area (Å²) < 4.78 is 29.3. The number of nitrogens with one attached hydrogen (secondary N) is 1. The normalized spacial score (nSPS) is 21.2. The highest BCUT2D eigenvalue weighted by Crippen LogP contribution is 2.41. The fourth-order valence-electron chi connectivity index (χ4n) is 6.26. The molecule has 1 N–H and O–H groups in total. The summed E-state index contributed by atoms with van der Waals surface area (Å²) in [4.78, 5) is 22.4. The Labute approximate surface area is 240 Å². The number of amides is 1. The number of benzene rings is 2. The van der Waals surface area contributed by atoms with Crippen LogP contribution in [0.25, 0.3) is 16.9 Å². The first-order valence-corrected chi connectivity index (χ1v) is 15.4. The lowest BCUT2D eigenvalue weighted by atomic mass is 9.93. The lowest BCUT2D eigenvalue weighted by molar-refractivity contribution is 0.0671. The SMILES string of the molecule is C[C@@H]1c2ccccc2CCN1C(=O)c1cc(C2CC2)n2nc(-c3ccc(N4CC[C@@H](S(=O)C=N)C4)cc3F)cc2n1. The molecule has 2 aromatic carbocycles. The average Bonchev–Trinajstić information content (AvgIpc) is 3.55. The van der Waals surface area contributed by atoms with E-state index >= 15 is 4.39 Å². The van der Waals surface area contributed by atoms with Crippen molar-refractivity contribution in [2.75, 3.05) is 24.5 Å². The van der Waals surface area contributed by atoms with Crippen molar-refractivity contribution in [1.29, 1.82) is 5.41 Å². The van der Waals surface area contributed by atoms with Gasteiger partial charge in [0.15, 0.2) is 5.65 Å². The van der Waals surface area contributed by atoms with Crippen molar-refractivity contribution >= 4 is 33.6 Å². The molecule has 0 bridgehead atoms. The molecule has 210 valence electrons. The summed E-state index contributed by atoms with van der Waals surface area (Å²) in [7, 11) is -1.31. The Balaban J connectivity index is 1.19. The van der Waals surface area contributed by atoms with Gasteiger partial charge in [-0.05, 0) is 68.0 Å². The highest BCUT2D eigenvalue weighted by molar-refractivity contribution is 7.99. The number of hydrogen-bond donors (Lipinski definition) is 1. The molecule has 0 spiro atoms. The maximum atomic E-state index is 15.5. The second-order valence-corrected chi connectivity index (χ2v) is 12.8. The first-order chi connectivity index (χ1) is 19.9. The lowest BCUT2D eigenvalue weighted by Crippen LogP contribution is -2.39. The van der Waals surface area contributed by atoms with Crippen LogP contribution in [0.4, 0.5) is 10.1 Å². The van der Waals surface area contributed by atoms with Crippen molar-refractivity contribution in [2.45, 2.75) is 49.8 Å². The number of nitrogens with zero attached hydrogens (tertiary/aromatic N) is 5. The Morgan fingerprint density at radius 3 is 2.71 bits per heavy atom. The summed E-state index contributed by atoms with van der Waals surface area (Å²) in [5.41, 5.74) is 6.88. The van der Waals surface area contributed by atoms with Crippen molar-refractivity contribution in [3.8, 4) is 11.3 Å². The smallest absolute Gasteiger partial charge is 0.273 e. The summed E-state index contributed by atoms with van der Waals surface area (Å²) in [6.07, 6.45) is 3.57. The molecule has 2 aromatic heterocycles. The minimum Gasteiger partial charge on any atom is -0.370 e. The topological polar surface area (TPSA) is 94.7 Å². The molecular formula is C31H31FN6O2S. The number of aromatic nitrogens is 3. The third kappa shape index (κ3) is 4.64. The molecule has 41 heavy (non-hydrogen) atoms. The van der Waals surface area contributed by atoms with Gasteiger partial charge in [-0.1, -0.05) is 24.3 Å². The highest BCUT2D eigenvalue weighted by Gasteiger charge is 2.33. The van der Waals surface area contributed by atoms with Gasteiger partial charge in [-0.2, -0.15) is 5.10 Å². The van der Waals surface area contributed by atoms with Gasteiger partial charge in [-0.15, -0.1) is 0 Å². The molecule has 1 unspecified atom stereocenters. The lowest BCUT2D eigenvalue weighted by Gasteiger charge is -2.35. The average molecular weight is 571 g/mol. The Hall–Kier alpha value is -3.92. The second kappa shape index (κ2) is 10.2. The number of anilines is 1. The van der Waals surface area contributed by atoms with E-state index in [0.717, 1.165) is 36.2 Å². The van der Waals surface area contributed by atoms with Crippen LogP contribution in [0.15, 0.2) is 54.6 Å². The third-order valence-corrected chi connectivity index (χ3v) is 9.98. The number of halogens is 1. The number of carbonyl (C=O) groups is 1. The zero-order valence-electron chi connectivity index (χ0n) is 22.8. The van der Waals surface area contributed by atoms with E-state index in [1.807, 2.05) is 34.1 Å². The predicted octanol–water partition coefficient (Wildman–Crippen LogP) is 5.11. The molecule has 2 fully saturated rings. The van der Waals surface area contributed by atoms with Crippen molar-refractivity contribution < 1.29 is 13.4 Å². The quantitative estimate of drug-likeness (QED) is 0.257. The predicted molar refractivity (Wildman–Crippen MR) is 157 cm³/mol. The van der Waals surface area contributed by atoms with Crippen molar-refractivity contribution in [3.05, 3.63) is 82.9 Å². The first kappa shape index (κ1) is 26.0. The second-order valence-electron chi connectivity index (χ2n) is 11.2. The number of hydrogen-bond acceptors (Lipinski definition) is 6. The Kier molecular flexibility index (Phi) is 6.45. The van der Waals surface area contributed by atoms with Crippen LogP contribution >= 0.6 is 0 Å². The molecular weight excluding hydrogens is 539 g/mol.